The van der Waals surface area contributed by atoms with Crippen molar-refractivity contribution in [2.24, 2.45) is 5.92 Å². The van der Waals surface area contributed by atoms with E-state index in [0.717, 1.165) is 30.8 Å². The lowest BCUT2D eigenvalue weighted by Gasteiger charge is -2.29. The van der Waals surface area contributed by atoms with Crippen molar-refractivity contribution in [1.29, 1.82) is 0 Å². The van der Waals surface area contributed by atoms with Crippen molar-refractivity contribution in [3.05, 3.63) is 29.8 Å². The van der Waals surface area contributed by atoms with Crippen molar-refractivity contribution in [1.82, 2.24) is 10.2 Å². The normalized spacial score (nSPS) is 19.9. The first-order valence-electron chi connectivity index (χ1n) is 7.72. The highest BCUT2D eigenvalue weighted by atomic mass is 16.5. The highest BCUT2D eigenvalue weighted by Gasteiger charge is 2.23. The average molecular weight is 290 g/mol. The van der Waals surface area contributed by atoms with Crippen LogP contribution < -0.4 is 10.1 Å². The standard InChI is InChI=1S/C17H26N2O2/c1-13(15-8-4-5-9-16(15)21-3)19(2)17(20)11-14-7-6-10-18-12-14/h4-5,8-9,13-14,18H,6-7,10-12H2,1-3H3. The molecular weight excluding hydrogens is 264 g/mol. The Labute approximate surface area is 127 Å². The summed E-state index contributed by atoms with van der Waals surface area (Å²) in [6.07, 6.45) is 2.95. The summed E-state index contributed by atoms with van der Waals surface area (Å²) < 4.78 is 5.40. The van der Waals surface area contributed by atoms with Gasteiger partial charge in [0, 0.05) is 19.0 Å². The number of carbonyl (C=O) groups excluding carboxylic acids is 1. The van der Waals surface area contributed by atoms with Gasteiger partial charge in [0.05, 0.1) is 13.2 Å². The Kier molecular flexibility index (Phi) is 5.62. The van der Waals surface area contributed by atoms with Crippen molar-refractivity contribution in [3.63, 3.8) is 0 Å². The van der Waals surface area contributed by atoms with E-state index in [-0.39, 0.29) is 11.9 Å². The maximum atomic E-state index is 12.5. The van der Waals surface area contributed by atoms with Crippen LogP contribution in [0.25, 0.3) is 0 Å². The van der Waals surface area contributed by atoms with Gasteiger partial charge in [0.15, 0.2) is 0 Å². The van der Waals surface area contributed by atoms with E-state index in [4.69, 9.17) is 4.74 Å². The van der Waals surface area contributed by atoms with E-state index in [9.17, 15) is 4.79 Å². The third-order valence-electron chi connectivity index (χ3n) is 4.43. The molecule has 0 radical (unpaired) electrons. The van der Waals surface area contributed by atoms with Gasteiger partial charge in [0.1, 0.15) is 5.75 Å². The summed E-state index contributed by atoms with van der Waals surface area (Å²) in [5.41, 5.74) is 1.05. The molecule has 2 atom stereocenters. The van der Waals surface area contributed by atoms with E-state index in [0.29, 0.717) is 12.3 Å². The Balaban J connectivity index is 2.00. The van der Waals surface area contributed by atoms with Crippen LogP contribution in [-0.2, 0) is 4.79 Å². The number of amides is 1. The van der Waals surface area contributed by atoms with E-state index in [2.05, 4.69) is 12.2 Å². The first-order chi connectivity index (χ1) is 10.1. The van der Waals surface area contributed by atoms with Gasteiger partial charge in [0.2, 0.25) is 5.91 Å². The lowest BCUT2D eigenvalue weighted by molar-refractivity contribution is -0.133. The van der Waals surface area contributed by atoms with Crippen molar-refractivity contribution >= 4 is 5.91 Å². The first kappa shape index (κ1) is 15.8. The number of nitrogens with one attached hydrogen (secondary N) is 1. The number of hydrogen-bond acceptors (Lipinski definition) is 3. The fraction of sp³-hybridized carbons (Fsp3) is 0.588. The number of ether oxygens (including phenoxy) is 1. The third kappa shape index (κ3) is 3.97. The summed E-state index contributed by atoms with van der Waals surface area (Å²) in [6.45, 7) is 4.09. The lowest BCUT2D eigenvalue weighted by atomic mass is 9.95. The molecule has 2 rings (SSSR count). The Morgan fingerprint density at radius 3 is 2.90 bits per heavy atom. The minimum absolute atomic E-state index is 0.0187. The molecule has 1 aromatic rings. The molecule has 0 aliphatic carbocycles. The average Bonchev–Trinajstić information content (AvgIpc) is 2.54. The van der Waals surface area contributed by atoms with Gasteiger partial charge in [-0.15, -0.1) is 0 Å². The van der Waals surface area contributed by atoms with E-state index in [1.54, 1.807) is 7.11 Å². The summed E-state index contributed by atoms with van der Waals surface area (Å²) >= 11 is 0. The molecule has 0 bridgehead atoms. The molecule has 1 aromatic carbocycles. The van der Waals surface area contributed by atoms with E-state index in [1.165, 1.54) is 6.42 Å². The number of nitrogens with zero attached hydrogens (tertiary/aromatic N) is 1. The number of hydrogen-bond donors (Lipinski definition) is 1. The van der Waals surface area contributed by atoms with Crippen LogP contribution in [0, 0.1) is 5.92 Å². The number of methoxy groups -OCH3 is 1. The van der Waals surface area contributed by atoms with Gasteiger partial charge in [-0.25, -0.2) is 0 Å². The molecule has 1 heterocycles. The number of para-hydroxylation sites is 1. The highest BCUT2D eigenvalue weighted by molar-refractivity contribution is 5.76. The molecule has 1 aliphatic rings. The smallest absolute Gasteiger partial charge is 0.223 e. The molecule has 1 saturated heterocycles. The van der Waals surface area contributed by atoms with Crippen LogP contribution in [0.2, 0.25) is 0 Å². The van der Waals surface area contributed by atoms with Gasteiger partial charge in [-0.05, 0) is 44.8 Å². The fourth-order valence-electron chi connectivity index (χ4n) is 2.93. The van der Waals surface area contributed by atoms with E-state index < -0.39 is 0 Å². The van der Waals surface area contributed by atoms with Crippen molar-refractivity contribution in [3.8, 4) is 5.75 Å². The van der Waals surface area contributed by atoms with Crippen molar-refractivity contribution in [2.45, 2.75) is 32.2 Å². The van der Waals surface area contributed by atoms with Crippen LogP contribution in [0.3, 0.4) is 0 Å². The fourth-order valence-corrected chi connectivity index (χ4v) is 2.93. The molecule has 0 spiro atoms. The maximum absolute atomic E-state index is 12.5. The van der Waals surface area contributed by atoms with Gasteiger partial charge < -0.3 is 15.0 Å². The zero-order valence-corrected chi connectivity index (χ0v) is 13.3. The van der Waals surface area contributed by atoms with E-state index >= 15 is 0 Å². The van der Waals surface area contributed by atoms with Crippen LogP contribution in [-0.4, -0.2) is 38.1 Å². The first-order valence-corrected chi connectivity index (χ1v) is 7.72. The second kappa shape index (κ2) is 7.46. The minimum atomic E-state index is 0.0187. The van der Waals surface area contributed by atoms with E-state index in [1.807, 2.05) is 36.2 Å². The Morgan fingerprint density at radius 2 is 2.24 bits per heavy atom. The van der Waals surface area contributed by atoms with Gasteiger partial charge in [0.25, 0.3) is 0 Å². The zero-order chi connectivity index (χ0) is 15.2. The van der Waals surface area contributed by atoms with Crippen LogP contribution in [0.1, 0.15) is 37.8 Å². The van der Waals surface area contributed by atoms with Gasteiger partial charge in [-0.1, -0.05) is 18.2 Å². The summed E-state index contributed by atoms with van der Waals surface area (Å²) in [5.74, 6) is 1.52. The molecule has 1 fully saturated rings. The number of piperidine rings is 1. The van der Waals surface area contributed by atoms with Crippen molar-refractivity contribution < 1.29 is 9.53 Å². The summed E-state index contributed by atoms with van der Waals surface area (Å²) in [6, 6.07) is 7.91. The third-order valence-corrected chi connectivity index (χ3v) is 4.43. The molecule has 116 valence electrons. The maximum Gasteiger partial charge on any atom is 0.223 e. The number of benzene rings is 1. The Morgan fingerprint density at radius 1 is 1.48 bits per heavy atom. The second-order valence-electron chi connectivity index (χ2n) is 5.84. The predicted molar refractivity (Wildman–Crippen MR) is 84.4 cm³/mol. The molecule has 1 N–H and O–H groups in total. The van der Waals surface area contributed by atoms with Gasteiger partial charge >= 0.3 is 0 Å². The molecule has 4 nitrogen and oxygen atoms in total. The summed E-state index contributed by atoms with van der Waals surface area (Å²) in [4.78, 5) is 14.3. The molecule has 0 saturated carbocycles. The highest BCUT2D eigenvalue weighted by Crippen LogP contribution is 2.29. The number of carbonyl (C=O) groups is 1. The Hall–Kier alpha value is -1.55. The van der Waals surface area contributed by atoms with Crippen LogP contribution in [0.15, 0.2) is 24.3 Å². The van der Waals surface area contributed by atoms with Crippen LogP contribution >= 0.6 is 0 Å². The van der Waals surface area contributed by atoms with Gasteiger partial charge in [-0.3, -0.25) is 4.79 Å². The molecule has 4 heteroatoms. The monoisotopic (exact) mass is 290 g/mol. The second-order valence-corrected chi connectivity index (χ2v) is 5.84. The lowest BCUT2D eigenvalue weighted by Crippen LogP contribution is -2.36. The minimum Gasteiger partial charge on any atom is -0.496 e. The summed E-state index contributed by atoms with van der Waals surface area (Å²) in [7, 11) is 3.55. The topological polar surface area (TPSA) is 41.6 Å². The van der Waals surface area contributed by atoms with Gasteiger partial charge in [-0.2, -0.15) is 0 Å². The largest absolute Gasteiger partial charge is 0.496 e. The SMILES string of the molecule is COc1ccccc1C(C)N(C)C(=O)CC1CCCNC1. The van der Waals surface area contributed by atoms with Crippen molar-refractivity contribution in [2.75, 3.05) is 27.2 Å². The number of rotatable bonds is 5. The van der Waals surface area contributed by atoms with Crippen LogP contribution in [0.4, 0.5) is 0 Å². The molecule has 2 unspecified atom stereocenters. The molecule has 1 aliphatic heterocycles. The zero-order valence-electron chi connectivity index (χ0n) is 13.3. The quantitative estimate of drug-likeness (QED) is 0.906. The molecule has 21 heavy (non-hydrogen) atoms. The summed E-state index contributed by atoms with van der Waals surface area (Å²) in [5, 5.41) is 3.37. The predicted octanol–water partition coefficient (Wildman–Crippen LogP) is 2.60. The molecule has 0 aromatic heterocycles. The van der Waals surface area contributed by atoms with Crippen LogP contribution in [0.5, 0.6) is 5.75 Å². The molecular formula is C17H26N2O2. The Bertz CT molecular complexity index is 470. The molecule has 1 amide bonds.